The van der Waals surface area contributed by atoms with Crippen LogP contribution >= 0.6 is 0 Å². The van der Waals surface area contributed by atoms with E-state index < -0.39 is 0 Å². The normalized spacial score (nSPS) is 11.3. The molecule has 2 rings (SSSR count). The molecule has 0 saturated carbocycles. The predicted molar refractivity (Wildman–Crippen MR) is 82.6 cm³/mol. The van der Waals surface area contributed by atoms with E-state index >= 15 is 0 Å². The number of rotatable bonds is 6. The molecule has 2 nitrogen and oxygen atoms in total. The fourth-order valence-corrected chi connectivity index (χ4v) is 3.59. The summed E-state index contributed by atoms with van der Waals surface area (Å²) in [4.78, 5) is 12.5. The number of hydrogen-bond acceptors (Lipinski definition) is 2. The first-order chi connectivity index (χ1) is 9.81. The second-order valence-electron chi connectivity index (χ2n) is 4.13. The molecule has 0 radical (unpaired) electrons. The number of carbonyl (C=O) groups is 1. The van der Waals surface area contributed by atoms with Gasteiger partial charge in [0, 0.05) is 0 Å². The van der Waals surface area contributed by atoms with Crippen molar-refractivity contribution in [1.29, 1.82) is 0 Å². The molecule has 0 heterocycles. The standard InChI is InChI=1S/C17H16O2Se/c1-19-13-12-16(20-15-10-6-3-7-11-15)17(18)14-8-4-2-5-9-14/h2-12H,13H2,1H3/b16-12-. The van der Waals surface area contributed by atoms with Crippen molar-refractivity contribution in [1.82, 2.24) is 0 Å². The third kappa shape index (κ3) is 4.17. The molecule has 0 aliphatic rings. The molecule has 0 N–H and O–H groups in total. The van der Waals surface area contributed by atoms with Gasteiger partial charge in [-0.2, -0.15) is 0 Å². The number of Topliss-reactive ketones (excluding diaryl/α,β-unsaturated/α-hetero) is 1. The Morgan fingerprint density at radius 3 is 2.25 bits per heavy atom. The van der Waals surface area contributed by atoms with Gasteiger partial charge in [-0.3, -0.25) is 0 Å². The van der Waals surface area contributed by atoms with Crippen LogP contribution in [0.1, 0.15) is 10.4 Å². The Labute approximate surface area is 125 Å². The van der Waals surface area contributed by atoms with Gasteiger partial charge < -0.3 is 0 Å². The quantitative estimate of drug-likeness (QED) is 0.462. The van der Waals surface area contributed by atoms with E-state index in [1.165, 1.54) is 4.46 Å². The van der Waals surface area contributed by atoms with Crippen LogP contribution in [0.3, 0.4) is 0 Å². The zero-order valence-electron chi connectivity index (χ0n) is 11.3. The molecule has 20 heavy (non-hydrogen) atoms. The van der Waals surface area contributed by atoms with Gasteiger partial charge in [0.1, 0.15) is 0 Å². The van der Waals surface area contributed by atoms with Crippen molar-refractivity contribution in [2.45, 2.75) is 0 Å². The summed E-state index contributed by atoms with van der Waals surface area (Å²) in [5.74, 6) is 0.0894. The minimum atomic E-state index is -0.00723. The predicted octanol–water partition coefficient (Wildman–Crippen LogP) is 2.43. The summed E-state index contributed by atoms with van der Waals surface area (Å²) in [5.41, 5.74) is 0.729. The summed E-state index contributed by atoms with van der Waals surface area (Å²) in [6, 6.07) is 19.5. The molecular formula is C17H16O2Se. The minimum absolute atomic E-state index is 0.00723. The van der Waals surface area contributed by atoms with Crippen LogP contribution in [0.2, 0.25) is 0 Å². The summed E-state index contributed by atoms with van der Waals surface area (Å²) in [6.07, 6.45) is 1.89. The first-order valence-corrected chi connectivity index (χ1v) is 8.04. The molecule has 0 bridgehead atoms. The summed E-state index contributed by atoms with van der Waals surface area (Å²) in [5, 5.41) is 0. The topological polar surface area (TPSA) is 26.3 Å². The average Bonchev–Trinajstić information content (AvgIpc) is 2.52. The maximum absolute atomic E-state index is 12.5. The van der Waals surface area contributed by atoms with Crippen molar-refractivity contribution < 1.29 is 9.53 Å². The van der Waals surface area contributed by atoms with Crippen LogP contribution in [0, 0.1) is 0 Å². The number of benzene rings is 2. The SMILES string of the molecule is COC/C=C(\[Se]c1ccccc1)C(=O)c1ccccc1. The number of methoxy groups -OCH3 is 1. The van der Waals surface area contributed by atoms with E-state index in [0.717, 1.165) is 10.0 Å². The fraction of sp³-hybridized carbons (Fsp3) is 0.118. The molecule has 0 aromatic heterocycles. The molecule has 0 aliphatic heterocycles. The van der Waals surface area contributed by atoms with Crippen LogP contribution in [-0.2, 0) is 4.74 Å². The van der Waals surface area contributed by atoms with Crippen LogP contribution < -0.4 is 4.46 Å². The zero-order chi connectivity index (χ0) is 14.2. The Morgan fingerprint density at radius 2 is 1.65 bits per heavy atom. The third-order valence-corrected chi connectivity index (χ3v) is 4.93. The van der Waals surface area contributed by atoms with Gasteiger partial charge in [0.15, 0.2) is 0 Å². The molecule has 0 saturated heterocycles. The van der Waals surface area contributed by atoms with Crippen molar-refractivity contribution in [2.75, 3.05) is 13.7 Å². The molecule has 0 spiro atoms. The first-order valence-electron chi connectivity index (χ1n) is 6.33. The molecule has 2 aromatic rings. The Morgan fingerprint density at radius 1 is 1.05 bits per heavy atom. The Bertz CT molecular complexity index is 576. The van der Waals surface area contributed by atoms with Gasteiger partial charge in [0.2, 0.25) is 0 Å². The van der Waals surface area contributed by atoms with Gasteiger partial charge in [-0.15, -0.1) is 0 Å². The van der Waals surface area contributed by atoms with E-state index in [4.69, 9.17) is 4.74 Å². The second kappa shape index (κ2) is 7.81. The first kappa shape index (κ1) is 14.7. The summed E-state index contributed by atoms with van der Waals surface area (Å²) in [6.45, 7) is 0.461. The van der Waals surface area contributed by atoms with Gasteiger partial charge >= 0.3 is 125 Å². The van der Waals surface area contributed by atoms with Crippen molar-refractivity contribution >= 4 is 25.2 Å². The zero-order valence-corrected chi connectivity index (χ0v) is 13.0. The monoisotopic (exact) mass is 332 g/mol. The van der Waals surface area contributed by atoms with Crippen molar-refractivity contribution in [3.8, 4) is 0 Å². The van der Waals surface area contributed by atoms with Crippen LogP contribution in [0.15, 0.2) is 71.2 Å². The van der Waals surface area contributed by atoms with E-state index in [9.17, 15) is 4.79 Å². The van der Waals surface area contributed by atoms with Gasteiger partial charge in [-0.25, -0.2) is 0 Å². The molecule has 102 valence electrons. The molecule has 0 aliphatic carbocycles. The Balaban J connectivity index is 2.22. The molecule has 0 atom stereocenters. The van der Waals surface area contributed by atoms with Crippen molar-refractivity contribution in [3.63, 3.8) is 0 Å². The van der Waals surface area contributed by atoms with Crippen LogP contribution in [0.25, 0.3) is 0 Å². The average molecular weight is 331 g/mol. The third-order valence-electron chi connectivity index (χ3n) is 2.67. The number of allylic oxidation sites excluding steroid dienone is 1. The maximum atomic E-state index is 12.5. The molecule has 0 unspecified atom stereocenters. The summed E-state index contributed by atoms with van der Waals surface area (Å²) < 4.78 is 7.09. The number of ether oxygens (including phenoxy) is 1. The molecular weight excluding hydrogens is 315 g/mol. The molecule has 3 heteroatoms. The van der Waals surface area contributed by atoms with Crippen LogP contribution in [0.4, 0.5) is 0 Å². The van der Waals surface area contributed by atoms with Crippen LogP contribution in [-0.4, -0.2) is 34.5 Å². The summed E-state index contributed by atoms with van der Waals surface area (Å²) >= 11 is -0.00723. The van der Waals surface area contributed by atoms with E-state index in [2.05, 4.69) is 12.1 Å². The van der Waals surface area contributed by atoms with E-state index in [1.807, 2.05) is 54.6 Å². The van der Waals surface area contributed by atoms with E-state index in [1.54, 1.807) is 7.11 Å². The van der Waals surface area contributed by atoms with Crippen molar-refractivity contribution in [2.24, 2.45) is 0 Å². The van der Waals surface area contributed by atoms with Crippen molar-refractivity contribution in [3.05, 3.63) is 76.8 Å². The fourth-order valence-electron chi connectivity index (χ4n) is 1.69. The van der Waals surface area contributed by atoms with Gasteiger partial charge in [0.05, 0.1) is 0 Å². The summed E-state index contributed by atoms with van der Waals surface area (Å²) in [7, 11) is 1.64. The van der Waals surface area contributed by atoms with E-state index in [-0.39, 0.29) is 20.7 Å². The number of ketones is 1. The van der Waals surface area contributed by atoms with Gasteiger partial charge in [-0.05, 0) is 0 Å². The number of carbonyl (C=O) groups excluding carboxylic acids is 1. The van der Waals surface area contributed by atoms with Gasteiger partial charge in [0.25, 0.3) is 0 Å². The van der Waals surface area contributed by atoms with Crippen LogP contribution in [0.5, 0.6) is 0 Å². The number of hydrogen-bond donors (Lipinski definition) is 0. The second-order valence-corrected chi connectivity index (χ2v) is 6.47. The van der Waals surface area contributed by atoms with Gasteiger partial charge in [-0.1, -0.05) is 0 Å². The molecule has 2 aromatic carbocycles. The molecule has 0 fully saturated rings. The van der Waals surface area contributed by atoms with E-state index in [0.29, 0.717) is 6.61 Å². The Hall–Kier alpha value is -1.67. The molecule has 0 amide bonds. The Kier molecular flexibility index (Phi) is 5.75.